The number of thiocarbonyl (C=S) groups is 1. The number of halogens is 2. The quantitative estimate of drug-likeness (QED) is 0.287. The van der Waals surface area contributed by atoms with Crippen molar-refractivity contribution in [1.29, 1.82) is 5.26 Å². The first-order valence-corrected chi connectivity index (χ1v) is 10.0. The largest absolute Gasteiger partial charge is 0.321 e. The van der Waals surface area contributed by atoms with Crippen molar-refractivity contribution in [2.24, 2.45) is 5.92 Å². The molecule has 150 valence electrons. The van der Waals surface area contributed by atoms with E-state index < -0.39 is 23.6 Å². The van der Waals surface area contributed by atoms with E-state index in [9.17, 15) is 19.6 Å². The Morgan fingerprint density at radius 3 is 2.60 bits per heavy atom. The molecule has 2 aromatic rings. The predicted octanol–water partition coefficient (Wildman–Crippen LogP) is 3.56. The molecule has 0 unspecified atom stereocenters. The van der Waals surface area contributed by atoms with Gasteiger partial charge < -0.3 is 10.6 Å². The minimum Gasteiger partial charge on any atom is -0.321 e. The second-order valence-corrected chi connectivity index (χ2v) is 7.82. The van der Waals surface area contributed by atoms with Gasteiger partial charge >= 0.3 is 0 Å². The van der Waals surface area contributed by atoms with Crippen LogP contribution in [-0.4, -0.2) is 22.8 Å². The van der Waals surface area contributed by atoms with Crippen LogP contribution in [-0.2, 0) is 14.4 Å². The lowest BCUT2D eigenvalue weighted by molar-refractivity contribution is -0.131. The number of nitrogens with one attached hydrogen (secondary N) is 2. The monoisotopic (exact) mass is 502 g/mol. The van der Waals surface area contributed by atoms with Crippen LogP contribution < -0.4 is 15.5 Å². The van der Waals surface area contributed by atoms with E-state index in [0.717, 1.165) is 15.4 Å². The first kappa shape index (κ1) is 21.6. The summed E-state index contributed by atoms with van der Waals surface area (Å²) in [6.45, 7) is 0. The molecule has 0 spiro atoms. The van der Waals surface area contributed by atoms with Crippen LogP contribution in [0.5, 0.6) is 0 Å². The highest BCUT2D eigenvalue weighted by molar-refractivity contribution is 9.10. The smallest absolute Gasteiger partial charge is 0.266 e. The van der Waals surface area contributed by atoms with Crippen molar-refractivity contribution < 1.29 is 14.4 Å². The lowest BCUT2D eigenvalue weighted by Gasteiger charge is -2.31. The Labute approximate surface area is 190 Å². The summed E-state index contributed by atoms with van der Waals surface area (Å²) in [6.07, 6.45) is 1.02. The van der Waals surface area contributed by atoms with Crippen molar-refractivity contribution in [1.82, 2.24) is 5.32 Å². The summed E-state index contributed by atoms with van der Waals surface area (Å²) in [5.74, 6) is -3.56. The molecular formula is C20H12BrClN4O3S. The van der Waals surface area contributed by atoms with E-state index in [4.69, 9.17) is 23.8 Å². The van der Waals surface area contributed by atoms with Crippen LogP contribution in [0.15, 0.2) is 64.7 Å². The Hall–Kier alpha value is -3.06. The van der Waals surface area contributed by atoms with Crippen LogP contribution in [0.2, 0.25) is 5.02 Å². The molecule has 3 rings (SSSR count). The molecule has 30 heavy (non-hydrogen) atoms. The number of hydrogen-bond acceptors (Lipinski definition) is 5. The molecule has 0 saturated carbocycles. The molecule has 3 amide bonds. The second kappa shape index (κ2) is 9.17. The van der Waals surface area contributed by atoms with Gasteiger partial charge in [-0.3, -0.25) is 19.3 Å². The predicted molar refractivity (Wildman–Crippen MR) is 120 cm³/mol. The molecule has 2 aromatic carbocycles. The molecular weight excluding hydrogens is 492 g/mol. The third kappa shape index (κ3) is 4.74. The van der Waals surface area contributed by atoms with Crippen molar-refractivity contribution in [3.05, 3.63) is 69.7 Å². The standard InChI is InChI=1S/C20H12BrClN4O3S/c21-12-2-1-3-14(9-12)24-17(27)11(10-23)8-16-18(28)25-20(30)26(19(16)29)15-6-4-13(22)5-7-15/h1-9,16H,(H,24,27)(H,25,28,30)/b11-8-/t16-/m1/s1. The van der Waals surface area contributed by atoms with Crippen LogP contribution in [0.4, 0.5) is 11.4 Å². The molecule has 0 radical (unpaired) electrons. The molecule has 10 heteroatoms. The van der Waals surface area contributed by atoms with E-state index in [-0.39, 0.29) is 10.7 Å². The number of carbonyl (C=O) groups is 3. The van der Waals surface area contributed by atoms with Crippen molar-refractivity contribution in [3.8, 4) is 6.07 Å². The van der Waals surface area contributed by atoms with Crippen molar-refractivity contribution in [3.63, 3.8) is 0 Å². The number of anilines is 2. The first-order valence-electron chi connectivity index (χ1n) is 8.43. The van der Waals surface area contributed by atoms with E-state index in [1.54, 1.807) is 54.6 Å². The van der Waals surface area contributed by atoms with Gasteiger partial charge in [-0.1, -0.05) is 33.6 Å². The van der Waals surface area contributed by atoms with E-state index in [1.807, 2.05) is 0 Å². The first-order chi connectivity index (χ1) is 14.3. The molecule has 7 nitrogen and oxygen atoms in total. The number of rotatable bonds is 4. The number of nitriles is 1. The Kier molecular flexibility index (Phi) is 6.62. The molecule has 1 heterocycles. The third-order valence-corrected chi connectivity index (χ3v) is 5.10. The lowest BCUT2D eigenvalue weighted by atomic mass is 10.0. The van der Waals surface area contributed by atoms with Gasteiger partial charge in [0.1, 0.15) is 17.6 Å². The highest BCUT2D eigenvalue weighted by Gasteiger charge is 2.38. The van der Waals surface area contributed by atoms with Crippen LogP contribution in [0.3, 0.4) is 0 Å². The normalized spacial score (nSPS) is 16.7. The highest BCUT2D eigenvalue weighted by Crippen LogP contribution is 2.24. The van der Waals surface area contributed by atoms with Gasteiger partial charge in [0.25, 0.3) is 5.91 Å². The summed E-state index contributed by atoms with van der Waals surface area (Å²) in [4.78, 5) is 38.9. The van der Waals surface area contributed by atoms with E-state index in [0.29, 0.717) is 16.4 Å². The minimum absolute atomic E-state index is 0.103. The lowest BCUT2D eigenvalue weighted by Crippen LogP contribution is -2.57. The van der Waals surface area contributed by atoms with Gasteiger partial charge in [-0.05, 0) is 60.8 Å². The summed E-state index contributed by atoms with van der Waals surface area (Å²) in [5, 5.41) is 14.7. The Balaban J connectivity index is 1.88. The summed E-state index contributed by atoms with van der Waals surface area (Å²) in [5.41, 5.74) is 0.455. The van der Waals surface area contributed by atoms with Gasteiger partial charge in [0.15, 0.2) is 5.11 Å². The fourth-order valence-electron chi connectivity index (χ4n) is 2.67. The third-order valence-electron chi connectivity index (χ3n) is 4.07. The number of hydrogen-bond donors (Lipinski definition) is 2. The molecule has 0 bridgehead atoms. The molecule has 1 aliphatic heterocycles. The summed E-state index contributed by atoms with van der Waals surface area (Å²) in [6, 6.07) is 14.8. The van der Waals surface area contributed by atoms with E-state index in [2.05, 4.69) is 26.6 Å². The summed E-state index contributed by atoms with van der Waals surface area (Å²) >= 11 is 14.3. The van der Waals surface area contributed by atoms with Crippen LogP contribution in [0, 0.1) is 17.2 Å². The molecule has 1 atom stereocenters. The van der Waals surface area contributed by atoms with Crippen LogP contribution in [0.25, 0.3) is 0 Å². The Bertz CT molecular complexity index is 1130. The highest BCUT2D eigenvalue weighted by atomic mass is 79.9. The zero-order chi connectivity index (χ0) is 21.8. The fraction of sp³-hybridized carbons (Fsp3) is 0.0500. The number of amides is 3. The van der Waals surface area contributed by atoms with Gasteiger partial charge in [0, 0.05) is 15.2 Å². The number of carbonyl (C=O) groups excluding carboxylic acids is 3. The van der Waals surface area contributed by atoms with Gasteiger partial charge in [0.2, 0.25) is 11.8 Å². The topological polar surface area (TPSA) is 102 Å². The summed E-state index contributed by atoms with van der Waals surface area (Å²) in [7, 11) is 0. The molecule has 1 saturated heterocycles. The van der Waals surface area contributed by atoms with Gasteiger partial charge in [0.05, 0.1) is 5.69 Å². The average Bonchev–Trinajstić information content (AvgIpc) is 2.69. The maximum absolute atomic E-state index is 13.0. The Morgan fingerprint density at radius 2 is 1.97 bits per heavy atom. The van der Waals surface area contributed by atoms with Crippen molar-refractivity contribution >= 4 is 74.0 Å². The van der Waals surface area contributed by atoms with E-state index >= 15 is 0 Å². The molecule has 1 aliphatic rings. The molecule has 2 N–H and O–H groups in total. The van der Waals surface area contributed by atoms with Gasteiger partial charge in [-0.15, -0.1) is 0 Å². The SMILES string of the molecule is N#C/C(=C/[C@@H]1C(=O)NC(=S)N(c2ccc(Cl)cc2)C1=O)C(=O)Nc1cccc(Br)c1. The van der Waals surface area contributed by atoms with E-state index in [1.165, 1.54) is 0 Å². The average molecular weight is 504 g/mol. The van der Waals surface area contributed by atoms with Crippen molar-refractivity contribution in [2.45, 2.75) is 0 Å². The van der Waals surface area contributed by atoms with Crippen LogP contribution >= 0.6 is 39.7 Å². The number of nitrogens with zero attached hydrogens (tertiary/aromatic N) is 2. The summed E-state index contributed by atoms with van der Waals surface area (Å²) < 4.78 is 0.733. The second-order valence-electron chi connectivity index (χ2n) is 6.08. The molecule has 0 aromatic heterocycles. The fourth-order valence-corrected chi connectivity index (χ4v) is 3.49. The molecule has 0 aliphatic carbocycles. The van der Waals surface area contributed by atoms with Crippen LogP contribution in [0.1, 0.15) is 0 Å². The van der Waals surface area contributed by atoms with Crippen molar-refractivity contribution in [2.75, 3.05) is 10.2 Å². The van der Waals surface area contributed by atoms with Gasteiger partial charge in [-0.2, -0.15) is 5.26 Å². The zero-order valence-electron chi connectivity index (χ0n) is 15.1. The maximum Gasteiger partial charge on any atom is 0.266 e. The zero-order valence-corrected chi connectivity index (χ0v) is 18.2. The van der Waals surface area contributed by atoms with Gasteiger partial charge in [-0.25, -0.2) is 0 Å². The molecule has 1 fully saturated rings. The maximum atomic E-state index is 13.0. The minimum atomic E-state index is -1.41. The number of benzene rings is 2. The Morgan fingerprint density at radius 1 is 1.27 bits per heavy atom.